The average Bonchev–Trinajstić information content (AvgIpc) is 3.40. The summed E-state index contributed by atoms with van der Waals surface area (Å²) in [6.07, 6.45) is 3.71. The van der Waals surface area contributed by atoms with Crippen LogP contribution in [0.25, 0.3) is 5.69 Å². The molecule has 0 fully saturated rings. The Morgan fingerprint density at radius 3 is 2.66 bits per heavy atom. The third-order valence-corrected chi connectivity index (χ3v) is 5.66. The molecule has 1 unspecified atom stereocenters. The van der Waals surface area contributed by atoms with Gasteiger partial charge in [0.05, 0.1) is 37.4 Å². The summed E-state index contributed by atoms with van der Waals surface area (Å²) in [4.78, 5) is 11.2. The van der Waals surface area contributed by atoms with Gasteiger partial charge < -0.3 is 14.6 Å². The van der Waals surface area contributed by atoms with Crippen molar-refractivity contribution in [2.24, 2.45) is 0 Å². The van der Waals surface area contributed by atoms with Crippen LogP contribution in [-0.2, 0) is 6.54 Å². The van der Waals surface area contributed by atoms with Crippen LogP contribution in [0.3, 0.4) is 0 Å². The number of aryl methyl sites for hydroxylation is 1. The van der Waals surface area contributed by atoms with Gasteiger partial charge in [-0.1, -0.05) is 12.1 Å². The van der Waals surface area contributed by atoms with Crippen LogP contribution in [0.2, 0.25) is 0 Å². The fourth-order valence-electron chi connectivity index (χ4n) is 4.05. The van der Waals surface area contributed by atoms with Crippen LogP contribution in [0.15, 0.2) is 55.0 Å². The predicted molar refractivity (Wildman–Crippen MR) is 119 cm³/mol. The van der Waals surface area contributed by atoms with Gasteiger partial charge in [-0.3, -0.25) is 4.90 Å². The van der Waals surface area contributed by atoms with Gasteiger partial charge in [0.1, 0.15) is 11.6 Å². The number of nitrogens with one attached hydrogen (secondary N) is 1. The molecule has 1 N–H and O–H groups in total. The van der Waals surface area contributed by atoms with Crippen molar-refractivity contribution in [3.63, 3.8) is 0 Å². The normalized spacial score (nSPS) is 16.1. The van der Waals surface area contributed by atoms with Gasteiger partial charge in [-0.15, -0.1) is 5.10 Å². The smallest absolute Gasteiger partial charge is 0.246 e. The summed E-state index contributed by atoms with van der Waals surface area (Å²) in [6, 6.07) is 12.3. The van der Waals surface area contributed by atoms with Crippen molar-refractivity contribution in [3.8, 4) is 11.4 Å². The van der Waals surface area contributed by atoms with E-state index in [1.807, 2.05) is 47.6 Å². The minimum Gasteiger partial charge on any atom is -0.494 e. The maximum atomic E-state index is 13.4. The highest BCUT2D eigenvalue weighted by molar-refractivity contribution is 5.62. The van der Waals surface area contributed by atoms with E-state index in [0.29, 0.717) is 11.7 Å². The largest absolute Gasteiger partial charge is 0.494 e. The molecule has 1 atom stereocenters. The maximum Gasteiger partial charge on any atom is 0.246 e. The van der Waals surface area contributed by atoms with Gasteiger partial charge in [-0.05, 0) is 43.8 Å². The van der Waals surface area contributed by atoms with E-state index in [-0.39, 0.29) is 11.9 Å². The molecule has 0 radical (unpaired) electrons. The topological polar surface area (TPSA) is 73.0 Å². The molecule has 32 heavy (non-hydrogen) atoms. The number of imidazole rings is 1. The minimum absolute atomic E-state index is 0.0891. The molecule has 0 bridgehead atoms. The zero-order valence-electron chi connectivity index (χ0n) is 18.2. The Balaban J connectivity index is 1.44. The number of nitrogens with zero attached hydrogens (tertiary/aromatic N) is 6. The molecule has 0 saturated heterocycles. The van der Waals surface area contributed by atoms with Gasteiger partial charge in [-0.25, -0.2) is 14.1 Å². The lowest BCUT2D eigenvalue weighted by molar-refractivity contribution is 0.213. The number of hydrogen-bond acceptors (Lipinski definition) is 6. The summed E-state index contributed by atoms with van der Waals surface area (Å²) in [7, 11) is 3.68. The number of anilines is 2. The molecule has 0 amide bonds. The van der Waals surface area contributed by atoms with Crippen molar-refractivity contribution in [1.82, 2.24) is 29.2 Å². The molecule has 2 aromatic heterocycles. The Morgan fingerprint density at radius 2 is 1.94 bits per heavy atom. The van der Waals surface area contributed by atoms with Crippen molar-refractivity contribution in [1.29, 1.82) is 0 Å². The standard InChI is InChI=1S/C23H24FN7O/c1-15-13-30(14-25-15)19-9-8-18(12-20(19)32-3)26-23-27-22-21(16-4-6-17(24)7-5-16)29(2)10-11-31(22)28-23/h4-9,12-14,21H,10-11H2,1-3H3,(H,26,28). The number of likely N-dealkylation sites (N-methyl/N-ethyl adjacent to an activating group) is 1. The molecule has 2 aromatic carbocycles. The fraction of sp³-hybridized carbons (Fsp3) is 0.261. The number of fused-ring (bicyclic) bond motifs is 1. The van der Waals surface area contributed by atoms with Crippen molar-refractivity contribution in [2.75, 3.05) is 26.0 Å². The number of aromatic nitrogens is 5. The Hall–Kier alpha value is -3.72. The first-order valence-corrected chi connectivity index (χ1v) is 10.4. The number of rotatable bonds is 5. The molecule has 0 saturated carbocycles. The molecular weight excluding hydrogens is 409 g/mol. The summed E-state index contributed by atoms with van der Waals surface area (Å²) in [5, 5.41) is 7.94. The van der Waals surface area contributed by atoms with Gasteiger partial charge in [-0.2, -0.15) is 4.98 Å². The summed E-state index contributed by atoms with van der Waals surface area (Å²) in [6.45, 7) is 3.51. The minimum atomic E-state index is -0.251. The van der Waals surface area contributed by atoms with Crippen molar-refractivity contribution >= 4 is 11.6 Å². The quantitative estimate of drug-likeness (QED) is 0.518. The SMILES string of the molecule is COc1cc(Nc2nc3n(n2)CCN(C)C3c2ccc(F)cc2)ccc1-n1cnc(C)c1. The lowest BCUT2D eigenvalue weighted by Gasteiger charge is -2.32. The highest BCUT2D eigenvalue weighted by atomic mass is 19.1. The molecule has 4 aromatic rings. The monoisotopic (exact) mass is 433 g/mol. The highest BCUT2D eigenvalue weighted by Gasteiger charge is 2.30. The van der Waals surface area contributed by atoms with Crippen LogP contribution >= 0.6 is 0 Å². The molecule has 5 rings (SSSR count). The van der Waals surface area contributed by atoms with Gasteiger partial charge >= 0.3 is 0 Å². The maximum absolute atomic E-state index is 13.4. The molecule has 0 spiro atoms. The average molecular weight is 433 g/mol. The number of hydrogen-bond donors (Lipinski definition) is 1. The van der Waals surface area contributed by atoms with Crippen LogP contribution in [0, 0.1) is 12.7 Å². The molecule has 8 nitrogen and oxygen atoms in total. The Kier molecular flexibility index (Phi) is 5.10. The van der Waals surface area contributed by atoms with Gasteiger partial charge in [0, 0.05) is 24.5 Å². The van der Waals surface area contributed by atoms with E-state index in [4.69, 9.17) is 9.72 Å². The van der Waals surface area contributed by atoms with Crippen LogP contribution in [0.5, 0.6) is 5.75 Å². The third-order valence-electron chi connectivity index (χ3n) is 5.66. The second kappa shape index (κ2) is 8.08. The lowest BCUT2D eigenvalue weighted by atomic mass is 10.0. The molecule has 1 aliphatic rings. The third kappa shape index (κ3) is 3.71. The fourth-order valence-corrected chi connectivity index (χ4v) is 4.05. The zero-order valence-corrected chi connectivity index (χ0v) is 18.2. The lowest BCUT2D eigenvalue weighted by Crippen LogP contribution is -2.36. The van der Waals surface area contributed by atoms with Crippen LogP contribution < -0.4 is 10.1 Å². The summed E-state index contributed by atoms with van der Waals surface area (Å²) in [5.41, 5.74) is 3.63. The van der Waals surface area contributed by atoms with Crippen LogP contribution in [0.4, 0.5) is 16.0 Å². The Morgan fingerprint density at radius 1 is 1.12 bits per heavy atom. The van der Waals surface area contributed by atoms with E-state index in [1.165, 1.54) is 12.1 Å². The molecule has 164 valence electrons. The van der Waals surface area contributed by atoms with E-state index < -0.39 is 0 Å². The zero-order chi connectivity index (χ0) is 22.2. The number of halogens is 1. The summed E-state index contributed by atoms with van der Waals surface area (Å²) in [5.74, 6) is 1.79. The molecule has 3 heterocycles. The molecule has 9 heteroatoms. The van der Waals surface area contributed by atoms with E-state index in [1.54, 1.807) is 25.6 Å². The first-order chi connectivity index (χ1) is 15.5. The summed E-state index contributed by atoms with van der Waals surface area (Å²) >= 11 is 0. The van der Waals surface area contributed by atoms with Crippen LogP contribution in [0.1, 0.15) is 23.1 Å². The highest BCUT2D eigenvalue weighted by Crippen LogP contribution is 2.32. The first kappa shape index (κ1) is 20.2. The van der Waals surface area contributed by atoms with Crippen LogP contribution in [-0.4, -0.2) is 49.9 Å². The number of ether oxygens (including phenoxy) is 1. The van der Waals surface area contributed by atoms with E-state index >= 15 is 0 Å². The molecular formula is C23H24FN7O. The van der Waals surface area contributed by atoms with Crippen molar-refractivity contribution in [2.45, 2.75) is 19.5 Å². The van der Waals surface area contributed by atoms with Crippen molar-refractivity contribution < 1.29 is 9.13 Å². The van der Waals surface area contributed by atoms with E-state index in [2.05, 4.69) is 20.3 Å². The first-order valence-electron chi connectivity index (χ1n) is 10.4. The van der Waals surface area contributed by atoms with Gasteiger partial charge in [0.15, 0.2) is 5.82 Å². The number of methoxy groups -OCH3 is 1. The van der Waals surface area contributed by atoms with Gasteiger partial charge in [0.25, 0.3) is 0 Å². The summed E-state index contributed by atoms with van der Waals surface area (Å²) < 4.78 is 22.9. The van der Waals surface area contributed by atoms with Crippen molar-refractivity contribution in [3.05, 3.63) is 77.9 Å². The second-order valence-electron chi connectivity index (χ2n) is 7.89. The van der Waals surface area contributed by atoms with E-state index in [9.17, 15) is 4.39 Å². The van der Waals surface area contributed by atoms with Gasteiger partial charge in [0.2, 0.25) is 5.95 Å². The van der Waals surface area contributed by atoms with E-state index in [0.717, 1.165) is 41.5 Å². The Labute approximate surface area is 185 Å². The Bertz CT molecular complexity index is 1250. The molecule has 0 aliphatic carbocycles. The number of benzene rings is 2. The molecule has 1 aliphatic heterocycles. The predicted octanol–water partition coefficient (Wildman–Crippen LogP) is 3.70. The second-order valence-corrected chi connectivity index (χ2v) is 7.89.